The highest BCUT2D eigenvalue weighted by Crippen LogP contribution is 2.45. The fourth-order valence-corrected chi connectivity index (χ4v) is 4.05. The van der Waals surface area contributed by atoms with Crippen molar-refractivity contribution in [1.29, 1.82) is 0 Å². The predicted molar refractivity (Wildman–Crippen MR) is 91.3 cm³/mol. The molecule has 0 aromatic heterocycles. The number of carbonyl (C=O) groups is 2. The third-order valence-corrected chi connectivity index (χ3v) is 5.30. The number of piperidine rings is 1. The normalized spacial score (nSPS) is 27.0. The maximum atomic E-state index is 13.2. The Kier molecular flexibility index (Phi) is 4.20. The molecule has 1 aliphatic heterocycles. The smallest absolute Gasteiger partial charge is 0.237 e. The van der Waals surface area contributed by atoms with Crippen LogP contribution in [-0.2, 0) is 11.2 Å². The summed E-state index contributed by atoms with van der Waals surface area (Å²) in [5, 5.41) is 0. The quantitative estimate of drug-likeness (QED) is 0.630. The molecule has 1 fully saturated rings. The first-order valence-corrected chi connectivity index (χ1v) is 8.29. The Labute approximate surface area is 137 Å². The number of rotatable bonds is 4. The van der Waals surface area contributed by atoms with Gasteiger partial charge in [0.05, 0.1) is 0 Å². The second kappa shape index (κ2) is 6.15. The minimum absolute atomic E-state index is 0.00969. The van der Waals surface area contributed by atoms with Crippen LogP contribution in [0.4, 0.5) is 0 Å². The van der Waals surface area contributed by atoms with Crippen molar-refractivity contribution < 1.29 is 9.59 Å². The lowest BCUT2D eigenvalue weighted by Crippen LogP contribution is -2.57. The largest absolute Gasteiger partial charge is 0.335 e. The van der Waals surface area contributed by atoms with Crippen LogP contribution in [0.25, 0.3) is 0 Å². The van der Waals surface area contributed by atoms with E-state index in [1.54, 1.807) is 6.08 Å². The number of likely N-dealkylation sites (tertiary alicyclic amines) is 1. The maximum absolute atomic E-state index is 13.2. The number of hydrogen-bond donors (Lipinski definition) is 0. The maximum Gasteiger partial charge on any atom is 0.237 e. The van der Waals surface area contributed by atoms with Gasteiger partial charge in [0, 0.05) is 18.2 Å². The zero-order chi connectivity index (χ0) is 16.4. The van der Waals surface area contributed by atoms with Crippen molar-refractivity contribution in [3.63, 3.8) is 0 Å². The Morgan fingerprint density at radius 3 is 2.70 bits per heavy atom. The molecule has 2 atom stereocenters. The summed E-state index contributed by atoms with van der Waals surface area (Å²) in [6.45, 7) is 8.05. The molecule has 0 N–H and O–H groups in total. The van der Waals surface area contributed by atoms with E-state index < -0.39 is 5.41 Å². The van der Waals surface area contributed by atoms with Gasteiger partial charge in [-0.15, -0.1) is 13.2 Å². The van der Waals surface area contributed by atoms with Crippen LogP contribution in [0.3, 0.4) is 0 Å². The summed E-state index contributed by atoms with van der Waals surface area (Å²) in [5.41, 5.74) is 0.932. The molecule has 1 aromatic carbocycles. The molecule has 1 spiro atoms. The number of nitrogens with zero attached hydrogens (tertiary/aromatic N) is 1. The predicted octanol–water partition coefficient (Wildman–Crippen LogP) is 3.56. The highest BCUT2D eigenvalue weighted by Gasteiger charge is 2.53. The van der Waals surface area contributed by atoms with Gasteiger partial charge in [-0.2, -0.15) is 0 Å². The van der Waals surface area contributed by atoms with Crippen molar-refractivity contribution in [2.45, 2.75) is 38.1 Å². The third-order valence-electron chi connectivity index (χ3n) is 5.30. The Morgan fingerprint density at radius 2 is 1.96 bits per heavy atom. The monoisotopic (exact) mass is 309 g/mol. The lowest BCUT2D eigenvalue weighted by molar-refractivity contribution is -0.146. The minimum Gasteiger partial charge on any atom is -0.335 e. The van der Waals surface area contributed by atoms with Gasteiger partial charge >= 0.3 is 0 Å². The van der Waals surface area contributed by atoms with E-state index in [1.807, 2.05) is 35.2 Å². The van der Waals surface area contributed by atoms with E-state index in [1.165, 1.54) is 0 Å². The van der Waals surface area contributed by atoms with Crippen molar-refractivity contribution in [2.75, 3.05) is 6.54 Å². The third kappa shape index (κ3) is 2.44. The average Bonchev–Trinajstić information content (AvgIpc) is 2.57. The van der Waals surface area contributed by atoms with Crippen molar-refractivity contribution in [3.8, 4) is 0 Å². The molecule has 2 aliphatic rings. The van der Waals surface area contributed by atoms with Gasteiger partial charge < -0.3 is 4.90 Å². The first kappa shape index (κ1) is 15.7. The van der Waals surface area contributed by atoms with Gasteiger partial charge in [-0.25, -0.2) is 0 Å². The van der Waals surface area contributed by atoms with E-state index in [2.05, 4.69) is 13.2 Å². The summed E-state index contributed by atoms with van der Waals surface area (Å²) in [7, 11) is 0. The summed E-state index contributed by atoms with van der Waals surface area (Å²) < 4.78 is 0. The van der Waals surface area contributed by atoms with Crippen LogP contribution >= 0.6 is 0 Å². The van der Waals surface area contributed by atoms with Gasteiger partial charge in [0.2, 0.25) is 5.91 Å². The summed E-state index contributed by atoms with van der Waals surface area (Å²) >= 11 is 0. The summed E-state index contributed by atoms with van der Waals surface area (Å²) in [6, 6.07) is 7.82. The van der Waals surface area contributed by atoms with Crippen LogP contribution in [0, 0.1) is 5.41 Å². The van der Waals surface area contributed by atoms with E-state index in [0.717, 1.165) is 30.4 Å². The van der Waals surface area contributed by atoms with Crippen molar-refractivity contribution in [2.24, 2.45) is 5.41 Å². The van der Waals surface area contributed by atoms with E-state index >= 15 is 0 Å². The SMILES string of the molecule is C=CCC1CCC2(CCc3ccccc3C2=O)C(=O)N1CC=C. The van der Waals surface area contributed by atoms with Crippen LogP contribution < -0.4 is 0 Å². The molecule has 1 amide bonds. The van der Waals surface area contributed by atoms with Gasteiger partial charge in [0.15, 0.2) is 5.78 Å². The molecule has 1 saturated heterocycles. The Morgan fingerprint density at radius 1 is 1.17 bits per heavy atom. The number of Topliss-reactive ketones (excluding diaryl/α,β-unsaturated/α-hetero) is 1. The fraction of sp³-hybridized carbons (Fsp3) is 0.400. The van der Waals surface area contributed by atoms with Gasteiger partial charge in [0.25, 0.3) is 0 Å². The number of amides is 1. The molecule has 23 heavy (non-hydrogen) atoms. The lowest BCUT2D eigenvalue weighted by Gasteiger charge is -2.46. The number of benzene rings is 1. The van der Waals surface area contributed by atoms with E-state index in [4.69, 9.17) is 0 Å². The van der Waals surface area contributed by atoms with Crippen LogP contribution in [0.1, 0.15) is 41.6 Å². The highest BCUT2D eigenvalue weighted by molar-refractivity contribution is 6.15. The molecule has 3 rings (SSSR count). The number of ketones is 1. The molecule has 0 saturated carbocycles. The summed E-state index contributed by atoms with van der Waals surface area (Å²) in [4.78, 5) is 28.2. The van der Waals surface area contributed by atoms with Gasteiger partial charge in [0.1, 0.15) is 5.41 Å². The molecule has 3 nitrogen and oxygen atoms in total. The minimum atomic E-state index is -0.866. The van der Waals surface area contributed by atoms with Gasteiger partial charge in [-0.3, -0.25) is 9.59 Å². The molecule has 3 heteroatoms. The second-order valence-electron chi connectivity index (χ2n) is 6.53. The first-order chi connectivity index (χ1) is 11.1. The van der Waals surface area contributed by atoms with Crippen molar-refractivity contribution in [3.05, 3.63) is 60.7 Å². The summed E-state index contributed by atoms with van der Waals surface area (Å²) in [5.74, 6) is -0.00883. The molecule has 1 heterocycles. The molecular weight excluding hydrogens is 286 g/mol. The number of carbonyl (C=O) groups excluding carboxylic acids is 2. The van der Waals surface area contributed by atoms with E-state index in [0.29, 0.717) is 19.4 Å². The molecular formula is C20H23NO2. The van der Waals surface area contributed by atoms with Crippen molar-refractivity contribution >= 4 is 11.7 Å². The average molecular weight is 309 g/mol. The fourth-order valence-electron chi connectivity index (χ4n) is 4.05. The zero-order valence-electron chi connectivity index (χ0n) is 13.5. The van der Waals surface area contributed by atoms with Crippen LogP contribution in [0.15, 0.2) is 49.6 Å². The van der Waals surface area contributed by atoms with E-state index in [9.17, 15) is 9.59 Å². The van der Waals surface area contributed by atoms with Crippen LogP contribution in [0.2, 0.25) is 0 Å². The zero-order valence-corrected chi connectivity index (χ0v) is 13.5. The molecule has 1 aromatic rings. The molecule has 0 bridgehead atoms. The molecule has 1 aliphatic carbocycles. The van der Waals surface area contributed by atoms with Crippen LogP contribution in [0.5, 0.6) is 0 Å². The standard InChI is InChI=1S/C20H23NO2/c1-3-7-16-11-13-20(19(23)21(16)14-4-2)12-10-15-8-5-6-9-17(15)18(20)22/h3-6,8-9,16H,1-2,7,10-14H2. The topological polar surface area (TPSA) is 37.4 Å². The summed E-state index contributed by atoms with van der Waals surface area (Å²) in [6.07, 6.45) is 7.27. The number of aryl methyl sites for hydroxylation is 1. The first-order valence-electron chi connectivity index (χ1n) is 8.29. The molecule has 0 radical (unpaired) electrons. The van der Waals surface area contributed by atoms with Crippen molar-refractivity contribution in [1.82, 2.24) is 4.90 Å². The number of fused-ring (bicyclic) bond motifs is 1. The van der Waals surface area contributed by atoms with Crippen LogP contribution in [-0.4, -0.2) is 29.2 Å². The van der Waals surface area contributed by atoms with Gasteiger partial charge in [-0.05, 0) is 37.7 Å². The lowest BCUT2D eigenvalue weighted by atomic mass is 9.64. The van der Waals surface area contributed by atoms with Gasteiger partial charge in [-0.1, -0.05) is 36.4 Å². The van der Waals surface area contributed by atoms with E-state index in [-0.39, 0.29) is 17.7 Å². The molecule has 2 unspecified atom stereocenters. The Hall–Kier alpha value is -2.16. The highest BCUT2D eigenvalue weighted by atomic mass is 16.2. The number of hydrogen-bond acceptors (Lipinski definition) is 2. The second-order valence-corrected chi connectivity index (χ2v) is 6.53. The Bertz CT molecular complexity index is 663. The Balaban J connectivity index is 1.97. The molecule has 120 valence electrons.